The predicted octanol–water partition coefficient (Wildman–Crippen LogP) is 4.48. The number of benzene rings is 3. The van der Waals surface area contributed by atoms with Crippen LogP contribution in [0, 0.1) is 20.2 Å². The number of nitrogens with zero attached hydrogens (tertiary/aromatic N) is 4. The van der Waals surface area contributed by atoms with Gasteiger partial charge in [-0.25, -0.2) is 4.79 Å². The molecule has 1 saturated heterocycles. The first kappa shape index (κ1) is 32.0. The molecule has 0 aromatic heterocycles. The first-order valence-corrected chi connectivity index (χ1v) is 15.2. The predicted molar refractivity (Wildman–Crippen MR) is 167 cm³/mol. The fourth-order valence-electron chi connectivity index (χ4n) is 5.25. The molecule has 13 nitrogen and oxygen atoms in total. The normalized spacial score (nSPS) is 19.0. The number of carbonyl (C=O) groups is 3. The van der Waals surface area contributed by atoms with Crippen LogP contribution in [0.1, 0.15) is 36.1 Å². The van der Waals surface area contributed by atoms with Crippen molar-refractivity contribution in [2.45, 2.75) is 30.4 Å². The Morgan fingerprint density at radius 1 is 1.02 bits per heavy atom. The highest BCUT2D eigenvalue weighted by molar-refractivity contribution is 8.00. The Morgan fingerprint density at radius 3 is 2.17 bits per heavy atom. The number of rotatable bonds is 12. The minimum Gasteiger partial charge on any atom is -0.461 e. The molecule has 2 heterocycles. The number of esters is 2. The van der Waals surface area contributed by atoms with E-state index in [2.05, 4.69) is 4.99 Å². The monoisotopic (exact) mass is 644 g/mol. The lowest BCUT2D eigenvalue weighted by molar-refractivity contribution is -0.481. The van der Waals surface area contributed by atoms with Gasteiger partial charge < -0.3 is 9.47 Å². The van der Waals surface area contributed by atoms with Crippen molar-refractivity contribution >= 4 is 41.5 Å². The van der Waals surface area contributed by atoms with Gasteiger partial charge in [0.05, 0.1) is 4.92 Å². The summed E-state index contributed by atoms with van der Waals surface area (Å²) in [5.41, 5.74) is 0.328. The van der Waals surface area contributed by atoms with Crippen LogP contribution in [0.5, 0.6) is 0 Å². The number of β-lactam (4-membered cyclic amide) rings is 1. The van der Waals surface area contributed by atoms with Gasteiger partial charge in [0.25, 0.3) is 11.6 Å². The van der Waals surface area contributed by atoms with Crippen LogP contribution >= 0.6 is 11.8 Å². The molecule has 5 rings (SSSR count). The number of fused-ring (bicyclic) bond motifs is 1. The van der Waals surface area contributed by atoms with Gasteiger partial charge in [0, 0.05) is 47.9 Å². The van der Waals surface area contributed by atoms with Gasteiger partial charge in [-0.05, 0) is 28.8 Å². The van der Waals surface area contributed by atoms with E-state index in [0.29, 0.717) is 22.3 Å². The summed E-state index contributed by atoms with van der Waals surface area (Å²) < 4.78 is 11.3. The van der Waals surface area contributed by atoms with Gasteiger partial charge in [0.1, 0.15) is 17.7 Å². The third-order valence-electron chi connectivity index (χ3n) is 7.52. The van der Waals surface area contributed by atoms with Crippen LogP contribution < -0.4 is 0 Å². The maximum Gasteiger partial charge on any atom is 0.356 e. The molecule has 236 valence electrons. The number of nitro groups is 2. The van der Waals surface area contributed by atoms with E-state index in [-0.39, 0.29) is 30.2 Å². The maximum absolute atomic E-state index is 14.1. The minimum atomic E-state index is -1.60. The minimum absolute atomic E-state index is 0.103. The van der Waals surface area contributed by atoms with Crippen molar-refractivity contribution in [1.82, 2.24) is 4.90 Å². The quantitative estimate of drug-likeness (QED) is 0.0900. The molecule has 0 saturated carbocycles. The zero-order valence-corrected chi connectivity index (χ0v) is 25.3. The first-order chi connectivity index (χ1) is 22.1. The Hall–Kier alpha value is -5.37. The van der Waals surface area contributed by atoms with Crippen molar-refractivity contribution in [1.29, 1.82) is 0 Å². The van der Waals surface area contributed by atoms with Gasteiger partial charge in [-0.2, -0.15) is 0 Å². The Labute approximate surface area is 267 Å². The molecule has 2 atom stereocenters. The fourth-order valence-corrected chi connectivity index (χ4v) is 6.74. The van der Waals surface area contributed by atoms with Gasteiger partial charge in [0.15, 0.2) is 11.6 Å². The van der Waals surface area contributed by atoms with Crippen molar-refractivity contribution in [2.24, 2.45) is 4.99 Å². The highest BCUT2D eigenvalue weighted by atomic mass is 32.2. The molecule has 0 radical (unpaired) electrons. The SMILES string of the molecule is CC(=O)OCC1=C(C(=O)OC(c2ccccc2)c2ccccc2)N2C(=O)[C@](CC[N+](=O)[O-])(N=Cc3ccc([N+](=O)[O-])cc3)[C@H]2SC1. The molecular formula is C32H28N4O9S. The van der Waals surface area contributed by atoms with Gasteiger partial charge in [-0.3, -0.25) is 39.7 Å². The van der Waals surface area contributed by atoms with Crippen LogP contribution in [0.4, 0.5) is 5.69 Å². The van der Waals surface area contributed by atoms with E-state index < -0.39 is 51.3 Å². The third kappa shape index (κ3) is 6.66. The smallest absolute Gasteiger partial charge is 0.356 e. The largest absolute Gasteiger partial charge is 0.461 e. The standard InChI is InChI=1S/C32H28N4O9S/c1-21(37)44-19-25-20-46-31-32(16-17-34(40)41,33-18-22-12-14-26(15-13-22)36(42)43)30(39)35(31)27(25)29(38)45-28(23-8-4-2-5-9-23)24-10-6-3-7-11-24/h2-15,18,28,31H,16-17,19-20H2,1H3/t31-,32+/m1/s1. The number of non-ortho nitro benzene ring substituents is 1. The summed E-state index contributed by atoms with van der Waals surface area (Å²) in [6.45, 7) is 0.392. The molecular weight excluding hydrogens is 616 g/mol. The number of thioether (sulfide) groups is 1. The van der Waals surface area contributed by atoms with E-state index in [1.54, 1.807) is 0 Å². The Kier molecular flexibility index (Phi) is 9.56. The lowest BCUT2D eigenvalue weighted by atomic mass is 9.83. The second-order valence-corrected chi connectivity index (χ2v) is 11.6. The number of hydrogen-bond acceptors (Lipinski definition) is 11. The van der Waals surface area contributed by atoms with E-state index in [1.807, 2.05) is 60.7 Å². The van der Waals surface area contributed by atoms with Crippen molar-refractivity contribution < 1.29 is 33.7 Å². The molecule has 14 heteroatoms. The van der Waals surface area contributed by atoms with Crippen molar-refractivity contribution in [3.05, 3.63) is 133 Å². The van der Waals surface area contributed by atoms with Crippen LogP contribution in [0.25, 0.3) is 0 Å². The summed E-state index contributed by atoms with van der Waals surface area (Å²) in [6.07, 6.45) is 0.256. The molecule has 0 bridgehead atoms. The summed E-state index contributed by atoms with van der Waals surface area (Å²) in [4.78, 5) is 66.9. The Balaban J connectivity index is 1.51. The fraction of sp³-hybridized carbons (Fsp3) is 0.250. The molecule has 0 unspecified atom stereocenters. The van der Waals surface area contributed by atoms with Crippen LogP contribution in [-0.4, -0.2) is 68.6 Å². The maximum atomic E-state index is 14.1. The van der Waals surface area contributed by atoms with Crippen molar-refractivity contribution in [2.75, 3.05) is 18.9 Å². The molecule has 0 spiro atoms. The van der Waals surface area contributed by atoms with E-state index in [4.69, 9.17) is 9.47 Å². The van der Waals surface area contributed by atoms with E-state index >= 15 is 0 Å². The van der Waals surface area contributed by atoms with Gasteiger partial charge >= 0.3 is 11.9 Å². The first-order valence-electron chi connectivity index (χ1n) is 14.1. The molecule has 3 aromatic carbocycles. The number of carbonyl (C=O) groups excluding carboxylic acids is 3. The van der Waals surface area contributed by atoms with E-state index in [9.17, 15) is 34.6 Å². The number of amides is 1. The average molecular weight is 645 g/mol. The molecule has 3 aromatic rings. The molecule has 1 amide bonds. The third-order valence-corrected chi connectivity index (χ3v) is 8.95. The number of aliphatic imine (C=N–C) groups is 1. The topological polar surface area (TPSA) is 172 Å². The summed E-state index contributed by atoms with van der Waals surface area (Å²) in [7, 11) is 0. The van der Waals surface area contributed by atoms with Crippen LogP contribution in [0.15, 0.2) is 101 Å². The van der Waals surface area contributed by atoms with E-state index in [1.165, 1.54) is 54.1 Å². The zero-order valence-electron chi connectivity index (χ0n) is 24.5. The zero-order chi connectivity index (χ0) is 32.8. The molecule has 0 aliphatic carbocycles. The number of ether oxygens (including phenoxy) is 2. The van der Waals surface area contributed by atoms with Crippen LogP contribution in [0.3, 0.4) is 0 Å². The van der Waals surface area contributed by atoms with Gasteiger partial charge in [-0.15, -0.1) is 11.8 Å². The summed E-state index contributed by atoms with van der Waals surface area (Å²) >= 11 is 1.23. The van der Waals surface area contributed by atoms with Crippen LogP contribution in [-0.2, 0) is 23.9 Å². The van der Waals surface area contributed by atoms with Gasteiger partial charge in [0.2, 0.25) is 6.54 Å². The number of hydrogen-bond donors (Lipinski definition) is 0. The second kappa shape index (κ2) is 13.7. The second-order valence-electron chi connectivity index (χ2n) is 10.5. The number of nitro benzene ring substituents is 1. The Bertz CT molecular complexity index is 1670. The molecule has 2 aliphatic rings. The molecule has 1 fully saturated rings. The van der Waals surface area contributed by atoms with Crippen LogP contribution in [0.2, 0.25) is 0 Å². The lowest BCUT2D eigenvalue weighted by Gasteiger charge is -2.55. The highest BCUT2D eigenvalue weighted by Crippen LogP contribution is 2.50. The Morgan fingerprint density at radius 2 is 1.63 bits per heavy atom. The molecule has 46 heavy (non-hydrogen) atoms. The van der Waals surface area contributed by atoms with Crippen molar-refractivity contribution in [3.63, 3.8) is 0 Å². The lowest BCUT2D eigenvalue weighted by Crippen LogP contribution is -2.73. The average Bonchev–Trinajstić information content (AvgIpc) is 3.06. The molecule has 0 N–H and O–H groups in total. The van der Waals surface area contributed by atoms with E-state index in [0.717, 1.165) is 0 Å². The summed E-state index contributed by atoms with van der Waals surface area (Å²) in [5.74, 6) is -1.92. The highest BCUT2D eigenvalue weighted by Gasteiger charge is 2.65. The molecule has 2 aliphatic heterocycles. The summed E-state index contributed by atoms with van der Waals surface area (Å²) in [5, 5.41) is 21.6. The van der Waals surface area contributed by atoms with Crippen molar-refractivity contribution in [3.8, 4) is 0 Å². The van der Waals surface area contributed by atoms with Gasteiger partial charge in [-0.1, -0.05) is 60.7 Å². The summed E-state index contributed by atoms with van der Waals surface area (Å²) in [6, 6.07) is 23.6.